The van der Waals surface area contributed by atoms with E-state index in [-0.39, 0.29) is 0 Å². The minimum Gasteiger partial charge on any atom is -0.326 e. The van der Waals surface area contributed by atoms with Gasteiger partial charge in [-0.05, 0) is 29.7 Å². The maximum atomic E-state index is 6.01. The van der Waals surface area contributed by atoms with Crippen LogP contribution in [0.2, 0.25) is 0 Å². The normalized spacial score (nSPS) is 22.4. The molecule has 1 aliphatic rings. The minimum atomic E-state index is 0.349. The zero-order chi connectivity index (χ0) is 12.5. The number of hydrogen-bond acceptors (Lipinski definition) is 2. The van der Waals surface area contributed by atoms with Gasteiger partial charge in [0.2, 0.25) is 0 Å². The molecular weight excluding hydrogens is 220 g/mol. The highest BCUT2D eigenvalue weighted by atomic mass is 15.2. The average Bonchev–Trinajstić information content (AvgIpc) is 2.84. The molecule has 2 unspecified atom stereocenters. The van der Waals surface area contributed by atoms with E-state index < -0.39 is 0 Å². The second-order valence-corrected chi connectivity index (χ2v) is 5.29. The maximum Gasteiger partial charge on any atom is 0.0326 e. The fourth-order valence-electron chi connectivity index (χ4n) is 2.98. The van der Waals surface area contributed by atoms with Gasteiger partial charge in [0.05, 0.1) is 0 Å². The number of nitrogens with two attached hydrogens (primary N) is 1. The van der Waals surface area contributed by atoms with Crippen molar-refractivity contribution in [1.82, 2.24) is 4.90 Å². The smallest absolute Gasteiger partial charge is 0.0326 e. The first-order valence-corrected chi connectivity index (χ1v) is 6.73. The van der Waals surface area contributed by atoms with E-state index in [9.17, 15) is 0 Å². The van der Waals surface area contributed by atoms with E-state index in [0.717, 1.165) is 19.5 Å². The van der Waals surface area contributed by atoms with Gasteiger partial charge in [0.15, 0.2) is 0 Å². The molecule has 0 amide bonds. The van der Waals surface area contributed by atoms with Crippen molar-refractivity contribution in [3.63, 3.8) is 0 Å². The standard InChI is InChI=1S/C16H20N2/c1-12(18-10-9-14(17)11-18)15-8-4-6-13-5-2-3-7-16(13)15/h2-8,12,14H,9-11,17H2,1H3. The zero-order valence-corrected chi connectivity index (χ0v) is 10.8. The summed E-state index contributed by atoms with van der Waals surface area (Å²) < 4.78 is 0. The molecule has 2 aromatic rings. The van der Waals surface area contributed by atoms with Crippen LogP contribution in [0.4, 0.5) is 0 Å². The second-order valence-electron chi connectivity index (χ2n) is 5.29. The molecule has 18 heavy (non-hydrogen) atoms. The van der Waals surface area contributed by atoms with Crippen LogP contribution >= 0.6 is 0 Å². The van der Waals surface area contributed by atoms with E-state index in [1.165, 1.54) is 16.3 Å². The first kappa shape index (κ1) is 11.7. The van der Waals surface area contributed by atoms with Gasteiger partial charge in [-0.25, -0.2) is 0 Å². The molecule has 94 valence electrons. The summed E-state index contributed by atoms with van der Waals surface area (Å²) >= 11 is 0. The third-order valence-corrected chi connectivity index (χ3v) is 4.08. The fraction of sp³-hybridized carbons (Fsp3) is 0.375. The Balaban J connectivity index is 1.98. The Morgan fingerprint density at radius 1 is 1.17 bits per heavy atom. The second kappa shape index (κ2) is 4.71. The zero-order valence-electron chi connectivity index (χ0n) is 10.8. The lowest BCUT2D eigenvalue weighted by Crippen LogP contribution is -2.28. The van der Waals surface area contributed by atoms with Crippen molar-refractivity contribution in [1.29, 1.82) is 0 Å². The summed E-state index contributed by atoms with van der Waals surface area (Å²) in [6.45, 7) is 4.43. The monoisotopic (exact) mass is 240 g/mol. The maximum absolute atomic E-state index is 6.01. The molecule has 1 heterocycles. The van der Waals surface area contributed by atoms with Gasteiger partial charge in [0.1, 0.15) is 0 Å². The van der Waals surface area contributed by atoms with Crippen molar-refractivity contribution in [3.8, 4) is 0 Å². The van der Waals surface area contributed by atoms with Crippen molar-refractivity contribution in [3.05, 3.63) is 48.0 Å². The highest BCUT2D eigenvalue weighted by Crippen LogP contribution is 2.29. The van der Waals surface area contributed by atoms with Crippen molar-refractivity contribution < 1.29 is 0 Å². The van der Waals surface area contributed by atoms with E-state index in [0.29, 0.717) is 12.1 Å². The molecule has 0 spiro atoms. The molecule has 0 aliphatic carbocycles. The van der Waals surface area contributed by atoms with E-state index in [4.69, 9.17) is 5.73 Å². The number of likely N-dealkylation sites (tertiary alicyclic amines) is 1. The highest BCUT2D eigenvalue weighted by Gasteiger charge is 2.25. The first-order chi connectivity index (χ1) is 8.75. The summed E-state index contributed by atoms with van der Waals surface area (Å²) in [5.74, 6) is 0. The van der Waals surface area contributed by atoms with Crippen LogP contribution in [-0.2, 0) is 0 Å². The summed E-state index contributed by atoms with van der Waals surface area (Å²) in [6, 6.07) is 16.0. The molecule has 0 bridgehead atoms. The molecule has 2 aromatic carbocycles. The lowest BCUT2D eigenvalue weighted by molar-refractivity contribution is 0.261. The Morgan fingerprint density at radius 2 is 1.94 bits per heavy atom. The summed E-state index contributed by atoms with van der Waals surface area (Å²) in [4.78, 5) is 2.49. The van der Waals surface area contributed by atoms with E-state index in [2.05, 4.69) is 54.3 Å². The highest BCUT2D eigenvalue weighted by molar-refractivity contribution is 5.86. The number of hydrogen-bond donors (Lipinski definition) is 1. The minimum absolute atomic E-state index is 0.349. The Hall–Kier alpha value is -1.38. The van der Waals surface area contributed by atoms with E-state index >= 15 is 0 Å². The Kier molecular flexibility index (Phi) is 3.06. The van der Waals surface area contributed by atoms with Crippen LogP contribution in [0.3, 0.4) is 0 Å². The van der Waals surface area contributed by atoms with Crippen molar-refractivity contribution in [2.45, 2.75) is 25.4 Å². The van der Waals surface area contributed by atoms with Gasteiger partial charge < -0.3 is 5.73 Å². The van der Waals surface area contributed by atoms with Gasteiger partial charge in [-0.1, -0.05) is 42.5 Å². The van der Waals surface area contributed by atoms with Gasteiger partial charge in [-0.15, -0.1) is 0 Å². The third-order valence-electron chi connectivity index (χ3n) is 4.08. The lowest BCUT2D eigenvalue weighted by atomic mass is 9.99. The fourth-order valence-corrected chi connectivity index (χ4v) is 2.98. The lowest BCUT2D eigenvalue weighted by Gasteiger charge is -2.25. The van der Waals surface area contributed by atoms with E-state index in [1.54, 1.807) is 0 Å². The van der Waals surface area contributed by atoms with Crippen LogP contribution in [0.15, 0.2) is 42.5 Å². The van der Waals surface area contributed by atoms with Crippen molar-refractivity contribution >= 4 is 10.8 Å². The van der Waals surface area contributed by atoms with Crippen LogP contribution in [0.1, 0.15) is 24.9 Å². The third kappa shape index (κ3) is 2.02. The predicted octanol–water partition coefficient (Wildman–Crippen LogP) is 2.93. The molecule has 2 atom stereocenters. The number of nitrogens with zero attached hydrogens (tertiary/aromatic N) is 1. The van der Waals surface area contributed by atoms with Crippen LogP contribution in [0.5, 0.6) is 0 Å². The number of benzene rings is 2. The summed E-state index contributed by atoms with van der Waals surface area (Å²) in [7, 11) is 0. The molecule has 1 aliphatic heterocycles. The van der Waals surface area contributed by atoms with Gasteiger partial charge in [-0.2, -0.15) is 0 Å². The molecule has 2 heteroatoms. The Morgan fingerprint density at radius 3 is 2.72 bits per heavy atom. The molecule has 2 N–H and O–H groups in total. The SMILES string of the molecule is CC(c1cccc2ccccc12)N1CCC(N)C1. The quantitative estimate of drug-likeness (QED) is 0.874. The predicted molar refractivity (Wildman–Crippen MR) is 76.5 cm³/mol. The van der Waals surface area contributed by atoms with Crippen LogP contribution in [0.25, 0.3) is 10.8 Å². The van der Waals surface area contributed by atoms with Gasteiger partial charge in [0.25, 0.3) is 0 Å². The summed E-state index contributed by atoms with van der Waals surface area (Å²) in [6.07, 6.45) is 1.12. The topological polar surface area (TPSA) is 29.3 Å². The van der Waals surface area contributed by atoms with Crippen molar-refractivity contribution in [2.75, 3.05) is 13.1 Å². The van der Waals surface area contributed by atoms with Gasteiger partial charge in [-0.3, -0.25) is 4.90 Å². The van der Waals surface area contributed by atoms with Gasteiger partial charge in [0, 0.05) is 25.2 Å². The Bertz CT molecular complexity index is 544. The Labute approximate surface area is 108 Å². The molecule has 3 rings (SSSR count). The average molecular weight is 240 g/mol. The largest absolute Gasteiger partial charge is 0.326 e. The van der Waals surface area contributed by atoms with Crippen LogP contribution in [0, 0.1) is 0 Å². The molecule has 0 radical (unpaired) electrons. The molecule has 1 saturated heterocycles. The number of rotatable bonds is 2. The first-order valence-electron chi connectivity index (χ1n) is 6.73. The molecular formula is C16H20N2. The number of fused-ring (bicyclic) bond motifs is 1. The molecule has 1 fully saturated rings. The molecule has 0 aromatic heterocycles. The van der Waals surface area contributed by atoms with Crippen LogP contribution in [-0.4, -0.2) is 24.0 Å². The summed E-state index contributed by atoms with van der Waals surface area (Å²) in [5, 5.41) is 2.69. The molecule has 0 saturated carbocycles. The van der Waals surface area contributed by atoms with Crippen LogP contribution < -0.4 is 5.73 Å². The summed E-state index contributed by atoms with van der Waals surface area (Å²) in [5.41, 5.74) is 7.43. The van der Waals surface area contributed by atoms with E-state index in [1.807, 2.05) is 0 Å². The molecule has 2 nitrogen and oxygen atoms in total. The van der Waals surface area contributed by atoms with Gasteiger partial charge >= 0.3 is 0 Å². The van der Waals surface area contributed by atoms with Crippen molar-refractivity contribution in [2.24, 2.45) is 5.73 Å².